The summed E-state index contributed by atoms with van der Waals surface area (Å²) < 4.78 is 27.2. The molecule has 1 heterocycles. The second kappa shape index (κ2) is 15.3. The Morgan fingerprint density at radius 1 is 0.893 bits per heavy atom. The van der Waals surface area contributed by atoms with Crippen LogP contribution in [0.2, 0.25) is 0 Å². The van der Waals surface area contributed by atoms with Gasteiger partial charge < -0.3 is 5.11 Å². The van der Waals surface area contributed by atoms with Crippen molar-refractivity contribution in [1.29, 1.82) is 0 Å². The van der Waals surface area contributed by atoms with Gasteiger partial charge in [0.1, 0.15) is 0 Å². The van der Waals surface area contributed by atoms with Gasteiger partial charge in [-0.2, -0.15) is 4.31 Å². The van der Waals surface area contributed by atoms with E-state index in [0.29, 0.717) is 12.3 Å². The van der Waals surface area contributed by atoms with Crippen molar-refractivity contribution in [2.75, 3.05) is 12.3 Å². The molecule has 166 valence electrons. The molecule has 1 fully saturated rings. The van der Waals surface area contributed by atoms with Gasteiger partial charge in [-0.15, -0.1) is 0 Å². The first-order valence-corrected chi connectivity index (χ1v) is 13.3. The standard InChI is InChI=1S/C22H43NO4S/c1-2-3-4-5-11-14-20-28(26,27)23-19-15-17-21(23)16-12-9-7-6-8-10-13-18-22(24)25/h21H,2-20H2,1H3,(H,24,25). The summed E-state index contributed by atoms with van der Waals surface area (Å²) in [7, 11) is -3.08. The van der Waals surface area contributed by atoms with Gasteiger partial charge in [0.05, 0.1) is 5.75 Å². The number of carboxylic acid groups (broad SMARTS) is 1. The van der Waals surface area contributed by atoms with Gasteiger partial charge in [0.2, 0.25) is 10.0 Å². The Morgan fingerprint density at radius 2 is 1.46 bits per heavy atom. The fraction of sp³-hybridized carbons (Fsp3) is 0.955. The van der Waals surface area contributed by atoms with E-state index in [9.17, 15) is 13.2 Å². The summed E-state index contributed by atoms with van der Waals surface area (Å²) in [5, 5.41) is 8.61. The third-order valence-electron chi connectivity index (χ3n) is 5.86. The van der Waals surface area contributed by atoms with Crippen LogP contribution in [-0.2, 0) is 14.8 Å². The lowest BCUT2D eigenvalue weighted by molar-refractivity contribution is -0.137. The maximum Gasteiger partial charge on any atom is 0.303 e. The van der Waals surface area contributed by atoms with Crippen molar-refractivity contribution in [3.05, 3.63) is 0 Å². The number of hydrogen-bond acceptors (Lipinski definition) is 3. The molecule has 0 saturated carbocycles. The Morgan fingerprint density at radius 3 is 2.11 bits per heavy atom. The van der Waals surface area contributed by atoms with Crippen LogP contribution < -0.4 is 0 Å². The molecule has 0 aromatic rings. The first-order chi connectivity index (χ1) is 13.5. The summed E-state index contributed by atoms with van der Waals surface area (Å²) in [6, 6.07) is 0.223. The van der Waals surface area contributed by atoms with E-state index in [1.54, 1.807) is 0 Å². The molecule has 1 N–H and O–H groups in total. The number of unbranched alkanes of at least 4 members (excludes halogenated alkanes) is 11. The predicted octanol–water partition coefficient (Wildman–Crippen LogP) is 5.74. The fourth-order valence-electron chi connectivity index (χ4n) is 4.19. The van der Waals surface area contributed by atoms with Crippen LogP contribution in [0.15, 0.2) is 0 Å². The molecule has 1 unspecified atom stereocenters. The van der Waals surface area contributed by atoms with E-state index in [2.05, 4.69) is 6.92 Å². The minimum atomic E-state index is -3.08. The molecule has 0 spiro atoms. The Hall–Kier alpha value is -0.620. The SMILES string of the molecule is CCCCCCCCS(=O)(=O)N1CCCC1CCCCCCCCCC(=O)O. The molecule has 5 nitrogen and oxygen atoms in total. The zero-order chi connectivity index (χ0) is 20.7. The molecule has 1 saturated heterocycles. The monoisotopic (exact) mass is 417 g/mol. The van der Waals surface area contributed by atoms with Gasteiger partial charge >= 0.3 is 5.97 Å². The predicted molar refractivity (Wildman–Crippen MR) is 116 cm³/mol. The average molecular weight is 418 g/mol. The van der Waals surface area contributed by atoms with Crippen LogP contribution >= 0.6 is 0 Å². The molecule has 0 aromatic heterocycles. The van der Waals surface area contributed by atoms with E-state index in [1.807, 2.05) is 4.31 Å². The number of nitrogens with zero attached hydrogens (tertiary/aromatic N) is 1. The quantitative estimate of drug-likeness (QED) is 0.289. The molecular formula is C22H43NO4S. The maximum atomic E-state index is 12.7. The van der Waals surface area contributed by atoms with Gasteiger partial charge in [-0.05, 0) is 32.1 Å². The Balaban J connectivity index is 2.13. The van der Waals surface area contributed by atoms with Crippen LogP contribution in [0.25, 0.3) is 0 Å². The highest BCUT2D eigenvalue weighted by Crippen LogP contribution is 2.26. The summed E-state index contributed by atoms with van der Waals surface area (Å²) >= 11 is 0. The number of rotatable bonds is 18. The molecule has 0 bridgehead atoms. The average Bonchev–Trinajstić information content (AvgIpc) is 3.12. The number of carboxylic acids is 1. The highest BCUT2D eigenvalue weighted by atomic mass is 32.2. The molecule has 0 amide bonds. The van der Waals surface area contributed by atoms with Crippen molar-refractivity contribution in [1.82, 2.24) is 4.31 Å². The van der Waals surface area contributed by atoms with Crippen LogP contribution in [0, 0.1) is 0 Å². The fourth-order valence-corrected chi connectivity index (χ4v) is 6.06. The maximum absolute atomic E-state index is 12.7. The number of sulfonamides is 1. The van der Waals surface area contributed by atoms with Gasteiger partial charge in [-0.3, -0.25) is 4.79 Å². The van der Waals surface area contributed by atoms with Crippen LogP contribution in [0.1, 0.15) is 116 Å². The molecule has 0 aliphatic carbocycles. The lowest BCUT2D eigenvalue weighted by atomic mass is 10.0. The minimum Gasteiger partial charge on any atom is -0.481 e. The van der Waals surface area contributed by atoms with Crippen LogP contribution in [0.3, 0.4) is 0 Å². The second-order valence-corrected chi connectivity index (χ2v) is 10.4. The van der Waals surface area contributed by atoms with E-state index < -0.39 is 16.0 Å². The van der Waals surface area contributed by atoms with Crippen LogP contribution in [-0.4, -0.2) is 42.1 Å². The Labute approximate surface area is 173 Å². The normalized spacial score (nSPS) is 18.0. The molecule has 1 aliphatic heterocycles. The van der Waals surface area contributed by atoms with E-state index in [4.69, 9.17) is 5.11 Å². The first-order valence-electron chi connectivity index (χ1n) is 11.7. The van der Waals surface area contributed by atoms with Gasteiger partial charge in [0.25, 0.3) is 0 Å². The van der Waals surface area contributed by atoms with E-state index in [-0.39, 0.29) is 12.5 Å². The van der Waals surface area contributed by atoms with E-state index in [1.165, 1.54) is 25.7 Å². The molecule has 1 aliphatic rings. The summed E-state index contributed by atoms with van der Waals surface area (Å²) in [6.07, 6.45) is 17.5. The van der Waals surface area contributed by atoms with Crippen molar-refractivity contribution in [2.24, 2.45) is 0 Å². The molecule has 0 radical (unpaired) electrons. The molecule has 6 heteroatoms. The molecular weight excluding hydrogens is 374 g/mol. The van der Waals surface area contributed by atoms with E-state index >= 15 is 0 Å². The topological polar surface area (TPSA) is 74.7 Å². The zero-order valence-electron chi connectivity index (χ0n) is 18.0. The van der Waals surface area contributed by atoms with Crippen molar-refractivity contribution in [3.8, 4) is 0 Å². The summed E-state index contributed by atoms with van der Waals surface area (Å²) in [4.78, 5) is 10.5. The third-order valence-corrected chi connectivity index (χ3v) is 7.86. The Kier molecular flexibility index (Phi) is 13.8. The smallest absolute Gasteiger partial charge is 0.303 e. The summed E-state index contributed by atoms with van der Waals surface area (Å²) in [6.45, 7) is 2.91. The van der Waals surface area contributed by atoms with Gasteiger partial charge in [0.15, 0.2) is 0 Å². The number of hydrogen-bond donors (Lipinski definition) is 1. The lowest BCUT2D eigenvalue weighted by Crippen LogP contribution is -2.37. The molecule has 0 aromatic carbocycles. The summed E-state index contributed by atoms with van der Waals surface area (Å²) in [5.74, 6) is -0.376. The van der Waals surface area contributed by atoms with Gasteiger partial charge in [-0.25, -0.2) is 8.42 Å². The van der Waals surface area contributed by atoms with Gasteiger partial charge in [-0.1, -0.05) is 77.6 Å². The molecule has 1 atom stereocenters. The zero-order valence-corrected chi connectivity index (χ0v) is 18.9. The second-order valence-electron chi connectivity index (χ2n) is 8.40. The van der Waals surface area contributed by atoms with Gasteiger partial charge in [0, 0.05) is 19.0 Å². The highest BCUT2D eigenvalue weighted by molar-refractivity contribution is 7.89. The Bertz CT molecular complexity index is 507. The van der Waals surface area contributed by atoms with E-state index in [0.717, 1.165) is 77.0 Å². The third kappa shape index (κ3) is 11.4. The van der Waals surface area contributed by atoms with Crippen molar-refractivity contribution < 1.29 is 18.3 Å². The lowest BCUT2D eigenvalue weighted by Gasteiger charge is -2.24. The minimum absolute atomic E-state index is 0.223. The summed E-state index contributed by atoms with van der Waals surface area (Å²) in [5.41, 5.74) is 0. The van der Waals surface area contributed by atoms with Crippen molar-refractivity contribution >= 4 is 16.0 Å². The van der Waals surface area contributed by atoms with Crippen molar-refractivity contribution in [3.63, 3.8) is 0 Å². The molecule has 28 heavy (non-hydrogen) atoms. The van der Waals surface area contributed by atoms with Crippen LogP contribution in [0.4, 0.5) is 0 Å². The largest absolute Gasteiger partial charge is 0.481 e. The van der Waals surface area contributed by atoms with Crippen LogP contribution in [0.5, 0.6) is 0 Å². The van der Waals surface area contributed by atoms with Crippen molar-refractivity contribution in [2.45, 2.75) is 122 Å². The molecule has 1 rings (SSSR count). The number of carbonyl (C=O) groups is 1. The first kappa shape index (κ1) is 25.4. The highest BCUT2D eigenvalue weighted by Gasteiger charge is 2.33. The number of aliphatic carboxylic acids is 1.